The van der Waals surface area contributed by atoms with Crippen molar-refractivity contribution in [2.24, 2.45) is 10.1 Å². The van der Waals surface area contributed by atoms with Crippen LogP contribution in [0.1, 0.15) is 18.9 Å². The number of primary sulfonamides is 1. The third-order valence-corrected chi connectivity index (χ3v) is 5.90. The van der Waals surface area contributed by atoms with Crippen LogP contribution in [0, 0.1) is 0 Å². The minimum atomic E-state index is -3.68. The van der Waals surface area contributed by atoms with E-state index < -0.39 is 10.0 Å². The first kappa shape index (κ1) is 25.2. The van der Waals surface area contributed by atoms with Crippen molar-refractivity contribution >= 4 is 45.6 Å². The summed E-state index contributed by atoms with van der Waals surface area (Å²) >= 11 is 0. The summed E-state index contributed by atoms with van der Waals surface area (Å²) in [5, 5.41) is 11.9. The summed E-state index contributed by atoms with van der Waals surface area (Å²) in [4.78, 5) is 7.05. The molecule has 8 nitrogen and oxygen atoms in total. The molecular weight excluding hydrogens is 529 g/mol. The number of nitrogens with one attached hydrogen (secondary N) is 2. The molecule has 0 saturated carbocycles. The Morgan fingerprint density at radius 3 is 2.58 bits per heavy atom. The number of benzene rings is 2. The predicted molar refractivity (Wildman–Crippen MR) is 135 cm³/mol. The van der Waals surface area contributed by atoms with E-state index >= 15 is 0 Å². The van der Waals surface area contributed by atoms with Gasteiger partial charge in [-0.3, -0.25) is 0 Å². The second-order valence-electron chi connectivity index (χ2n) is 7.13. The minimum absolute atomic E-state index is 0. The number of sulfonamides is 1. The zero-order valence-corrected chi connectivity index (χ0v) is 20.9. The van der Waals surface area contributed by atoms with Crippen LogP contribution >= 0.6 is 24.0 Å². The first-order valence-corrected chi connectivity index (χ1v) is 11.5. The monoisotopic (exact) mass is 559 g/mol. The fourth-order valence-electron chi connectivity index (χ4n) is 3.46. The van der Waals surface area contributed by atoms with E-state index in [-0.39, 0.29) is 34.9 Å². The van der Waals surface area contributed by atoms with E-state index in [1.165, 1.54) is 12.1 Å². The van der Waals surface area contributed by atoms with Gasteiger partial charge in [-0.05, 0) is 43.2 Å². The predicted octanol–water partition coefficient (Wildman–Crippen LogP) is 2.29. The Balaban J connectivity index is 0.00000341. The maximum absolute atomic E-state index is 11.4. The lowest BCUT2D eigenvalue weighted by molar-refractivity contribution is 0.415. The van der Waals surface area contributed by atoms with Crippen LogP contribution in [-0.4, -0.2) is 47.2 Å². The number of anilines is 1. The number of hydrogen-bond acceptors (Lipinski definition) is 5. The largest absolute Gasteiger partial charge is 0.495 e. The SMILES string of the molecule is CCNC(=NCc1ccc(S(N)(=O)=O)cc1)NC1CCN(c2ccccc2OC)C1.I. The van der Waals surface area contributed by atoms with E-state index in [0.717, 1.165) is 49.0 Å². The van der Waals surface area contributed by atoms with Gasteiger partial charge >= 0.3 is 0 Å². The van der Waals surface area contributed by atoms with Crippen molar-refractivity contribution < 1.29 is 13.2 Å². The van der Waals surface area contributed by atoms with Gasteiger partial charge in [0.25, 0.3) is 0 Å². The highest BCUT2D eigenvalue weighted by Gasteiger charge is 2.25. The van der Waals surface area contributed by atoms with Crippen LogP contribution in [0.15, 0.2) is 58.4 Å². The summed E-state index contributed by atoms with van der Waals surface area (Å²) in [5.74, 6) is 1.61. The number of nitrogens with two attached hydrogens (primary N) is 1. The number of rotatable bonds is 7. The summed E-state index contributed by atoms with van der Waals surface area (Å²) in [6.07, 6.45) is 0.992. The van der Waals surface area contributed by atoms with Gasteiger partial charge in [0.05, 0.1) is 24.2 Å². The number of ether oxygens (including phenoxy) is 1. The standard InChI is InChI=1S/C21H29N5O3S.HI/c1-3-23-21(24-14-16-8-10-18(11-9-16)30(22,27)28)25-17-12-13-26(15-17)19-6-4-5-7-20(19)29-2;/h4-11,17H,3,12-15H2,1-2H3,(H2,22,27,28)(H2,23,24,25);1H. The summed E-state index contributed by atoms with van der Waals surface area (Å²) in [7, 11) is -1.99. The van der Waals surface area contributed by atoms with Crippen LogP contribution in [0.25, 0.3) is 0 Å². The molecular formula is C21H30IN5O3S. The molecule has 0 amide bonds. The quantitative estimate of drug-likeness (QED) is 0.273. The molecule has 1 aliphatic rings. The van der Waals surface area contributed by atoms with Crippen molar-refractivity contribution in [1.29, 1.82) is 0 Å². The number of hydrogen-bond donors (Lipinski definition) is 3. The number of nitrogens with zero attached hydrogens (tertiary/aromatic N) is 2. The Bertz CT molecular complexity index is 983. The van der Waals surface area contributed by atoms with Gasteiger partial charge in [-0.15, -0.1) is 24.0 Å². The Morgan fingerprint density at radius 1 is 1.23 bits per heavy atom. The molecule has 1 aliphatic heterocycles. The highest BCUT2D eigenvalue weighted by Crippen LogP contribution is 2.30. The molecule has 170 valence electrons. The Morgan fingerprint density at radius 2 is 1.94 bits per heavy atom. The molecule has 31 heavy (non-hydrogen) atoms. The average Bonchev–Trinajstić information content (AvgIpc) is 3.20. The molecule has 1 saturated heterocycles. The molecule has 1 fully saturated rings. The second kappa shape index (κ2) is 11.5. The number of methoxy groups -OCH3 is 1. The summed E-state index contributed by atoms with van der Waals surface area (Å²) in [6.45, 7) is 5.00. The molecule has 2 aromatic rings. The molecule has 1 atom stereocenters. The number of para-hydroxylation sites is 2. The summed E-state index contributed by atoms with van der Waals surface area (Å²) in [6, 6.07) is 14.8. The van der Waals surface area contributed by atoms with Gasteiger partial charge in [0.15, 0.2) is 5.96 Å². The molecule has 2 aromatic carbocycles. The van der Waals surface area contributed by atoms with E-state index in [0.29, 0.717) is 6.54 Å². The minimum Gasteiger partial charge on any atom is -0.495 e. The molecule has 1 unspecified atom stereocenters. The van der Waals surface area contributed by atoms with Gasteiger partial charge in [-0.25, -0.2) is 18.5 Å². The molecule has 0 radical (unpaired) electrons. The average molecular weight is 559 g/mol. The van der Waals surface area contributed by atoms with Crippen LogP contribution in [0.3, 0.4) is 0 Å². The lowest BCUT2D eigenvalue weighted by Gasteiger charge is -2.22. The fourth-order valence-corrected chi connectivity index (χ4v) is 3.97. The number of aliphatic imine (C=N–C) groups is 1. The fraction of sp³-hybridized carbons (Fsp3) is 0.381. The topological polar surface area (TPSA) is 109 Å². The Kier molecular flexibility index (Phi) is 9.38. The van der Waals surface area contributed by atoms with Crippen LogP contribution in [0.4, 0.5) is 5.69 Å². The Hall–Kier alpha value is -2.05. The first-order valence-electron chi connectivity index (χ1n) is 9.95. The van der Waals surface area contributed by atoms with Gasteiger partial charge in [0, 0.05) is 25.7 Å². The zero-order chi connectivity index (χ0) is 21.6. The van der Waals surface area contributed by atoms with Gasteiger partial charge in [0.2, 0.25) is 10.0 Å². The molecule has 0 aromatic heterocycles. The van der Waals surface area contributed by atoms with Crippen molar-refractivity contribution in [3.05, 3.63) is 54.1 Å². The van der Waals surface area contributed by atoms with Crippen LogP contribution in [0.2, 0.25) is 0 Å². The number of halogens is 1. The lowest BCUT2D eigenvalue weighted by Crippen LogP contribution is -2.44. The van der Waals surface area contributed by atoms with Crippen molar-refractivity contribution in [3.63, 3.8) is 0 Å². The third-order valence-electron chi connectivity index (χ3n) is 4.97. The summed E-state index contributed by atoms with van der Waals surface area (Å²) in [5.41, 5.74) is 2.00. The van der Waals surface area contributed by atoms with E-state index in [9.17, 15) is 8.42 Å². The Labute approximate surface area is 201 Å². The maximum Gasteiger partial charge on any atom is 0.238 e. The highest BCUT2D eigenvalue weighted by atomic mass is 127. The van der Waals surface area contributed by atoms with E-state index in [4.69, 9.17) is 9.88 Å². The molecule has 1 heterocycles. The van der Waals surface area contributed by atoms with Crippen molar-refractivity contribution in [1.82, 2.24) is 10.6 Å². The molecule has 0 spiro atoms. The van der Waals surface area contributed by atoms with Crippen LogP contribution in [0.5, 0.6) is 5.75 Å². The van der Waals surface area contributed by atoms with E-state index in [1.54, 1.807) is 19.2 Å². The second-order valence-corrected chi connectivity index (χ2v) is 8.69. The molecule has 0 bridgehead atoms. The molecule has 3 rings (SSSR count). The molecule has 10 heteroatoms. The van der Waals surface area contributed by atoms with Crippen molar-refractivity contribution in [2.45, 2.75) is 30.8 Å². The van der Waals surface area contributed by atoms with Crippen molar-refractivity contribution in [3.8, 4) is 5.75 Å². The lowest BCUT2D eigenvalue weighted by atomic mass is 10.2. The van der Waals surface area contributed by atoms with Crippen molar-refractivity contribution in [2.75, 3.05) is 31.6 Å². The normalized spacial score (nSPS) is 16.5. The third kappa shape index (κ3) is 6.97. The zero-order valence-electron chi connectivity index (χ0n) is 17.7. The smallest absolute Gasteiger partial charge is 0.238 e. The molecule has 0 aliphatic carbocycles. The van der Waals surface area contributed by atoms with Gasteiger partial charge in [0.1, 0.15) is 5.75 Å². The number of guanidine groups is 1. The first-order chi connectivity index (χ1) is 14.4. The van der Waals surface area contributed by atoms with E-state index in [1.807, 2.05) is 25.1 Å². The van der Waals surface area contributed by atoms with Crippen LogP contribution in [-0.2, 0) is 16.6 Å². The highest BCUT2D eigenvalue weighted by molar-refractivity contribution is 14.0. The van der Waals surface area contributed by atoms with E-state index in [2.05, 4.69) is 26.6 Å². The van der Waals surface area contributed by atoms with Crippen LogP contribution < -0.4 is 25.4 Å². The molecule has 4 N–H and O–H groups in total. The maximum atomic E-state index is 11.4. The van der Waals surface area contributed by atoms with Gasteiger partial charge in [-0.1, -0.05) is 24.3 Å². The summed E-state index contributed by atoms with van der Waals surface area (Å²) < 4.78 is 28.2. The van der Waals surface area contributed by atoms with Gasteiger partial charge < -0.3 is 20.3 Å². The van der Waals surface area contributed by atoms with Gasteiger partial charge in [-0.2, -0.15) is 0 Å².